The highest BCUT2D eigenvalue weighted by molar-refractivity contribution is 5.91. The van der Waals surface area contributed by atoms with Crippen molar-refractivity contribution in [2.45, 2.75) is 77.4 Å². The molecule has 0 spiro atoms. The molecule has 36 heavy (non-hydrogen) atoms. The quantitative estimate of drug-likeness (QED) is 0.198. The molecule has 0 aromatic rings. The summed E-state index contributed by atoms with van der Waals surface area (Å²) in [6.45, 7) is 9.61. The average molecular weight is 496 g/mol. The third-order valence-electron chi connectivity index (χ3n) is 5.60. The summed E-state index contributed by atoms with van der Waals surface area (Å²) in [7, 11) is 0. The van der Waals surface area contributed by atoms with Crippen molar-refractivity contribution in [3.05, 3.63) is 84.1 Å². The normalized spacial score (nSPS) is 30.3. The number of amides is 1. The van der Waals surface area contributed by atoms with Gasteiger partial charge in [-0.1, -0.05) is 65.8 Å². The molecule has 2 aliphatic heterocycles. The van der Waals surface area contributed by atoms with Crippen molar-refractivity contribution in [2.24, 2.45) is 0 Å². The highest BCUT2D eigenvalue weighted by atomic mass is 16.6. The van der Waals surface area contributed by atoms with E-state index in [0.29, 0.717) is 12.8 Å². The third kappa shape index (κ3) is 11.0. The lowest BCUT2D eigenvalue weighted by Gasteiger charge is -2.30. The number of rotatable bonds is 4. The second-order valence-electron chi connectivity index (χ2n) is 9.14. The standard InChI is InChI=1S/C29H37NO6/c1-5-6-7-13-27(32)30-29(34)26-19-22(4)18-25-17-21(3)16-24(35-25)12-9-11-23(31)15-20(2)10-8-14-28(33)36-26/h5-11,13-14,18,24-26,29,34H,3,12,15-17,19H2,1-2,4H3,(H,30,32)/b6-5+,11-9+,13-7-,14-8+,20-10-,22-18+/t24-,25-,26+,29?/m1/s1. The predicted octanol–water partition coefficient (Wildman–Crippen LogP) is 4.33. The number of ketones is 1. The molecule has 2 aliphatic rings. The number of hydrogen-bond acceptors (Lipinski definition) is 6. The van der Waals surface area contributed by atoms with Crippen LogP contribution in [0.2, 0.25) is 0 Å². The zero-order chi connectivity index (χ0) is 26.5. The fourth-order valence-electron chi connectivity index (χ4n) is 3.96. The van der Waals surface area contributed by atoms with Crippen molar-refractivity contribution >= 4 is 17.7 Å². The van der Waals surface area contributed by atoms with E-state index in [1.54, 1.807) is 37.3 Å². The van der Waals surface area contributed by atoms with Crippen molar-refractivity contribution in [1.82, 2.24) is 5.32 Å². The van der Waals surface area contributed by atoms with Crippen LogP contribution in [0.1, 0.15) is 52.9 Å². The number of cyclic esters (lactones) is 1. The number of ether oxygens (including phenoxy) is 2. The van der Waals surface area contributed by atoms with Crippen LogP contribution in [0.3, 0.4) is 0 Å². The summed E-state index contributed by atoms with van der Waals surface area (Å²) < 4.78 is 11.7. The lowest BCUT2D eigenvalue weighted by Crippen LogP contribution is -2.44. The van der Waals surface area contributed by atoms with Gasteiger partial charge in [0.1, 0.15) is 0 Å². The average Bonchev–Trinajstić information content (AvgIpc) is 2.77. The minimum absolute atomic E-state index is 0.0369. The molecule has 0 aromatic carbocycles. The number of fused-ring (bicyclic) bond motifs is 2. The van der Waals surface area contributed by atoms with E-state index >= 15 is 0 Å². The number of esters is 1. The van der Waals surface area contributed by atoms with Gasteiger partial charge >= 0.3 is 5.97 Å². The fourth-order valence-corrected chi connectivity index (χ4v) is 3.96. The molecule has 2 bridgehead atoms. The van der Waals surface area contributed by atoms with Gasteiger partial charge in [-0.25, -0.2) is 4.79 Å². The van der Waals surface area contributed by atoms with Gasteiger partial charge in [0.15, 0.2) is 18.1 Å². The summed E-state index contributed by atoms with van der Waals surface area (Å²) >= 11 is 0. The second kappa shape index (κ2) is 15.0. The molecule has 1 amide bonds. The summed E-state index contributed by atoms with van der Waals surface area (Å²) in [6, 6.07) is 0. The van der Waals surface area contributed by atoms with Crippen LogP contribution in [-0.4, -0.2) is 47.3 Å². The molecule has 1 unspecified atom stereocenters. The molecule has 4 atom stereocenters. The van der Waals surface area contributed by atoms with Gasteiger partial charge in [0.05, 0.1) is 12.2 Å². The van der Waals surface area contributed by atoms with Crippen molar-refractivity contribution in [3.8, 4) is 0 Å². The molecule has 2 rings (SSSR count). The fraction of sp³-hybridized carbons (Fsp3) is 0.414. The Balaban J connectivity index is 2.28. The van der Waals surface area contributed by atoms with Gasteiger partial charge in [-0.3, -0.25) is 9.59 Å². The Kier molecular flexibility index (Phi) is 12.0. The maximum absolute atomic E-state index is 12.5. The monoisotopic (exact) mass is 495 g/mol. The Bertz CT molecular complexity index is 997. The van der Waals surface area contributed by atoms with Crippen LogP contribution in [0.4, 0.5) is 0 Å². The summed E-state index contributed by atoms with van der Waals surface area (Å²) in [5, 5.41) is 13.1. The van der Waals surface area contributed by atoms with Crippen molar-refractivity contribution in [2.75, 3.05) is 0 Å². The van der Waals surface area contributed by atoms with Crippen LogP contribution in [0.5, 0.6) is 0 Å². The van der Waals surface area contributed by atoms with Crippen molar-refractivity contribution < 1.29 is 29.0 Å². The lowest BCUT2D eigenvalue weighted by molar-refractivity contribution is -0.151. The molecule has 7 heteroatoms. The Morgan fingerprint density at radius 2 is 1.94 bits per heavy atom. The van der Waals surface area contributed by atoms with Crippen LogP contribution >= 0.6 is 0 Å². The summed E-state index contributed by atoms with van der Waals surface area (Å²) in [5.41, 5.74) is 2.67. The van der Waals surface area contributed by atoms with E-state index < -0.39 is 24.2 Å². The first kappa shape index (κ1) is 28.9. The highest BCUT2D eigenvalue weighted by Gasteiger charge is 2.26. The van der Waals surface area contributed by atoms with E-state index in [2.05, 4.69) is 11.9 Å². The van der Waals surface area contributed by atoms with Gasteiger partial charge in [-0.2, -0.15) is 0 Å². The number of aliphatic hydroxyl groups is 1. The summed E-state index contributed by atoms with van der Waals surface area (Å²) in [4.78, 5) is 36.8. The molecule has 1 saturated heterocycles. The Morgan fingerprint density at radius 3 is 2.69 bits per heavy atom. The van der Waals surface area contributed by atoms with E-state index in [0.717, 1.165) is 23.1 Å². The Labute approximate surface area is 213 Å². The molecule has 2 heterocycles. The SMILES string of the molecule is C=C1C[C@H]2C/C=C/C(=O)C/C(C)=C\C=C\C(=O)O[C@H](C(O)NC(=O)/C=C\C=C\C)C/C(C)=C/[C@@H](C1)O2. The zero-order valence-corrected chi connectivity index (χ0v) is 21.3. The molecule has 0 radical (unpaired) electrons. The first-order valence-electron chi connectivity index (χ1n) is 12.2. The minimum Gasteiger partial charge on any atom is -0.454 e. The first-order chi connectivity index (χ1) is 17.2. The second-order valence-corrected chi connectivity index (χ2v) is 9.14. The molecule has 194 valence electrons. The number of hydrogen-bond donors (Lipinski definition) is 2. The number of aliphatic hydroxyl groups excluding tert-OH is 1. The van der Waals surface area contributed by atoms with E-state index in [1.807, 2.05) is 26.0 Å². The first-order valence-corrected chi connectivity index (χ1v) is 12.2. The van der Waals surface area contributed by atoms with Crippen LogP contribution in [-0.2, 0) is 23.9 Å². The smallest absolute Gasteiger partial charge is 0.331 e. The van der Waals surface area contributed by atoms with Gasteiger partial charge in [0.25, 0.3) is 0 Å². The van der Waals surface area contributed by atoms with Gasteiger partial charge in [0, 0.05) is 25.0 Å². The van der Waals surface area contributed by atoms with E-state index in [1.165, 1.54) is 18.2 Å². The maximum Gasteiger partial charge on any atom is 0.331 e. The molecule has 1 fully saturated rings. The van der Waals surface area contributed by atoms with Gasteiger partial charge < -0.3 is 19.9 Å². The number of nitrogens with one attached hydrogen (secondary N) is 1. The predicted molar refractivity (Wildman–Crippen MR) is 140 cm³/mol. The number of carbonyl (C=O) groups is 3. The van der Waals surface area contributed by atoms with Gasteiger partial charge in [-0.05, 0) is 46.1 Å². The Morgan fingerprint density at radius 1 is 1.17 bits per heavy atom. The van der Waals surface area contributed by atoms with Crippen molar-refractivity contribution in [3.63, 3.8) is 0 Å². The van der Waals surface area contributed by atoms with Crippen LogP contribution in [0.25, 0.3) is 0 Å². The van der Waals surface area contributed by atoms with Gasteiger partial charge in [0.2, 0.25) is 5.91 Å². The molecular formula is C29H37NO6. The topological polar surface area (TPSA) is 102 Å². The van der Waals surface area contributed by atoms with Crippen LogP contribution < -0.4 is 5.32 Å². The molecule has 0 saturated carbocycles. The largest absolute Gasteiger partial charge is 0.454 e. The lowest BCUT2D eigenvalue weighted by atomic mass is 9.95. The third-order valence-corrected chi connectivity index (χ3v) is 5.60. The van der Waals surface area contributed by atoms with E-state index in [4.69, 9.17) is 9.47 Å². The summed E-state index contributed by atoms with van der Waals surface area (Å²) in [6.07, 6.45) is 15.6. The highest BCUT2D eigenvalue weighted by Crippen LogP contribution is 2.27. The zero-order valence-electron chi connectivity index (χ0n) is 21.3. The van der Waals surface area contributed by atoms with E-state index in [9.17, 15) is 19.5 Å². The molecule has 7 nitrogen and oxygen atoms in total. The molecule has 0 aliphatic carbocycles. The number of carbonyl (C=O) groups excluding carboxylic acids is 3. The number of allylic oxidation sites excluding steroid dienone is 7. The van der Waals surface area contributed by atoms with Gasteiger partial charge in [-0.15, -0.1) is 0 Å². The minimum atomic E-state index is -1.42. The summed E-state index contributed by atoms with van der Waals surface area (Å²) in [5.74, 6) is -1.23. The van der Waals surface area contributed by atoms with Crippen LogP contribution in [0.15, 0.2) is 84.1 Å². The van der Waals surface area contributed by atoms with E-state index in [-0.39, 0.29) is 30.8 Å². The molecule has 2 N–H and O–H groups in total. The molecular weight excluding hydrogens is 458 g/mol. The Hall–Kier alpha value is -3.29. The van der Waals surface area contributed by atoms with Crippen molar-refractivity contribution in [1.29, 1.82) is 0 Å². The maximum atomic E-state index is 12.5. The molecule has 0 aromatic heterocycles. The van der Waals surface area contributed by atoms with Crippen LogP contribution in [0, 0.1) is 0 Å².